The van der Waals surface area contributed by atoms with Crippen LogP contribution >= 0.6 is 0 Å². The SMILES string of the molecule is COc1cc(C(F)(F)F)ncc1NC(=O)N[C@H]1CCCN(c2cnn(C)c2)C1. The number of aryl methyl sites for hydroxylation is 1. The number of carbonyl (C=O) groups is 1. The number of pyridine rings is 1. The standard InChI is InChI=1S/C17H21F3N6O2/c1-25-10-12(7-22-25)26-5-3-4-11(9-26)23-16(27)24-13-8-21-15(17(18,19)20)6-14(13)28-2/h6-8,10-11H,3-5,9H2,1-2H3,(H2,23,24,27)/t11-/m0/s1. The number of anilines is 2. The van der Waals surface area contributed by atoms with E-state index in [4.69, 9.17) is 4.74 Å². The molecule has 1 fully saturated rings. The van der Waals surface area contributed by atoms with Crippen molar-refractivity contribution < 1.29 is 22.7 Å². The van der Waals surface area contributed by atoms with Gasteiger partial charge in [-0.25, -0.2) is 9.78 Å². The summed E-state index contributed by atoms with van der Waals surface area (Å²) in [6, 6.07) is 0.112. The number of nitrogens with zero attached hydrogens (tertiary/aromatic N) is 4. The molecule has 28 heavy (non-hydrogen) atoms. The van der Waals surface area contributed by atoms with Gasteiger partial charge < -0.3 is 20.3 Å². The van der Waals surface area contributed by atoms with Crippen molar-refractivity contribution in [3.05, 3.63) is 30.4 Å². The van der Waals surface area contributed by atoms with Crippen molar-refractivity contribution in [1.29, 1.82) is 0 Å². The van der Waals surface area contributed by atoms with Crippen LogP contribution in [0.3, 0.4) is 0 Å². The Kier molecular flexibility index (Phi) is 5.61. The minimum Gasteiger partial charge on any atom is -0.494 e. The number of hydrogen-bond acceptors (Lipinski definition) is 5. The maximum Gasteiger partial charge on any atom is 0.433 e. The molecule has 1 aliphatic heterocycles. The molecule has 1 atom stereocenters. The van der Waals surface area contributed by atoms with Crippen LogP contribution in [0.1, 0.15) is 18.5 Å². The van der Waals surface area contributed by atoms with Crippen molar-refractivity contribution in [1.82, 2.24) is 20.1 Å². The Morgan fingerprint density at radius 1 is 1.36 bits per heavy atom. The quantitative estimate of drug-likeness (QED) is 0.827. The molecule has 2 N–H and O–H groups in total. The lowest BCUT2D eigenvalue weighted by atomic mass is 10.1. The number of halogens is 3. The Hall–Kier alpha value is -2.98. The number of methoxy groups -OCH3 is 1. The first-order valence-electron chi connectivity index (χ1n) is 8.68. The van der Waals surface area contributed by atoms with E-state index in [2.05, 4.69) is 25.6 Å². The predicted octanol–water partition coefficient (Wildman–Crippen LogP) is 2.63. The molecule has 3 heterocycles. The molecule has 8 nitrogen and oxygen atoms in total. The Bertz CT molecular complexity index is 839. The van der Waals surface area contributed by atoms with Crippen molar-refractivity contribution in [2.24, 2.45) is 7.05 Å². The molecule has 0 unspecified atom stereocenters. The van der Waals surface area contributed by atoms with Crippen LogP contribution in [0.4, 0.5) is 29.3 Å². The number of nitrogens with one attached hydrogen (secondary N) is 2. The third kappa shape index (κ3) is 4.65. The number of piperidine rings is 1. The number of carbonyl (C=O) groups excluding carboxylic acids is 1. The largest absolute Gasteiger partial charge is 0.494 e. The van der Waals surface area contributed by atoms with Gasteiger partial charge in [0.2, 0.25) is 0 Å². The highest BCUT2D eigenvalue weighted by atomic mass is 19.4. The molecule has 2 aromatic rings. The normalized spacial score (nSPS) is 17.3. The Morgan fingerprint density at radius 2 is 2.14 bits per heavy atom. The molecule has 3 rings (SSSR count). The van der Waals surface area contributed by atoms with Crippen molar-refractivity contribution in [2.45, 2.75) is 25.1 Å². The lowest BCUT2D eigenvalue weighted by Gasteiger charge is -2.33. The number of alkyl halides is 3. The van der Waals surface area contributed by atoms with E-state index < -0.39 is 17.9 Å². The number of hydrogen-bond donors (Lipinski definition) is 2. The lowest BCUT2D eigenvalue weighted by Crippen LogP contribution is -2.49. The van der Waals surface area contributed by atoms with E-state index in [0.29, 0.717) is 6.54 Å². The van der Waals surface area contributed by atoms with Gasteiger partial charge in [0.1, 0.15) is 17.1 Å². The first kappa shape index (κ1) is 19.8. The van der Waals surface area contributed by atoms with Gasteiger partial charge in [-0.3, -0.25) is 4.68 Å². The van der Waals surface area contributed by atoms with E-state index in [1.807, 2.05) is 13.2 Å². The van der Waals surface area contributed by atoms with Crippen LogP contribution in [0.15, 0.2) is 24.7 Å². The molecule has 0 saturated carbocycles. The maximum atomic E-state index is 12.8. The fourth-order valence-corrected chi connectivity index (χ4v) is 3.10. The first-order chi connectivity index (χ1) is 13.3. The molecule has 152 valence electrons. The van der Waals surface area contributed by atoms with E-state index in [0.717, 1.165) is 37.3 Å². The van der Waals surface area contributed by atoms with Gasteiger partial charge in [0.15, 0.2) is 0 Å². The molecule has 11 heteroatoms. The first-order valence-corrected chi connectivity index (χ1v) is 8.68. The van der Waals surface area contributed by atoms with Crippen molar-refractivity contribution >= 4 is 17.4 Å². The number of rotatable bonds is 4. The van der Waals surface area contributed by atoms with Crippen molar-refractivity contribution in [2.75, 3.05) is 30.4 Å². The minimum atomic E-state index is -4.59. The number of aromatic nitrogens is 3. The van der Waals surface area contributed by atoms with Crippen molar-refractivity contribution in [3.63, 3.8) is 0 Å². The fourth-order valence-electron chi connectivity index (χ4n) is 3.10. The molecule has 0 radical (unpaired) electrons. The maximum absolute atomic E-state index is 12.8. The van der Waals surface area contributed by atoms with Gasteiger partial charge in [-0.05, 0) is 12.8 Å². The number of amides is 2. The van der Waals surface area contributed by atoms with E-state index in [9.17, 15) is 18.0 Å². The highest BCUT2D eigenvalue weighted by molar-refractivity contribution is 5.91. The highest BCUT2D eigenvalue weighted by Crippen LogP contribution is 2.33. The predicted molar refractivity (Wildman–Crippen MR) is 96.4 cm³/mol. The summed E-state index contributed by atoms with van der Waals surface area (Å²) in [5.41, 5.74) is -0.0503. The van der Waals surface area contributed by atoms with Gasteiger partial charge in [-0.1, -0.05) is 0 Å². The van der Waals surface area contributed by atoms with Crippen LogP contribution < -0.4 is 20.3 Å². The van der Waals surface area contributed by atoms with E-state index in [1.165, 1.54) is 7.11 Å². The monoisotopic (exact) mass is 398 g/mol. The van der Waals surface area contributed by atoms with Gasteiger partial charge in [-0.2, -0.15) is 18.3 Å². The van der Waals surface area contributed by atoms with Crippen molar-refractivity contribution in [3.8, 4) is 5.75 Å². The second-order valence-electron chi connectivity index (χ2n) is 6.52. The van der Waals surface area contributed by atoms with Crippen LogP contribution in [0.2, 0.25) is 0 Å². The molecule has 2 aromatic heterocycles. The van der Waals surface area contributed by atoms with Gasteiger partial charge in [0, 0.05) is 38.4 Å². The van der Waals surface area contributed by atoms with Crippen LogP contribution in [-0.2, 0) is 13.2 Å². The van der Waals surface area contributed by atoms with Crippen LogP contribution in [-0.4, -0.2) is 47.0 Å². The number of urea groups is 1. The molecule has 0 bridgehead atoms. The summed E-state index contributed by atoms with van der Waals surface area (Å²) in [4.78, 5) is 17.8. The zero-order chi connectivity index (χ0) is 20.3. The molecule has 1 saturated heterocycles. The zero-order valence-corrected chi connectivity index (χ0v) is 15.5. The Balaban J connectivity index is 1.62. The van der Waals surface area contributed by atoms with Gasteiger partial charge >= 0.3 is 12.2 Å². The molecule has 1 aliphatic rings. The summed E-state index contributed by atoms with van der Waals surface area (Å²) in [5, 5.41) is 9.50. The topological polar surface area (TPSA) is 84.3 Å². The lowest BCUT2D eigenvalue weighted by molar-refractivity contribution is -0.141. The Labute approximate surface area is 159 Å². The molecule has 0 aromatic carbocycles. The Morgan fingerprint density at radius 3 is 2.79 bits per heavy atom. The number of ether oxygens (including phenoxy) is 1. The average molecular weight is 398 g/mol. The third-order valence-corrected chi connectivity index (χ3v) is 4.44. The van der Waals surface area contributed by atoms with Gasteiger partial charge in [-0.15, -0.1) is 0 Å². The molecule has 0 aliphatic carbocycles. The summed E-state index contributed by atoms with van der Waals surface area (Å²) in [6.07, 6.45) is 1.70. The zero-order valence-electron chi connectivity index (χ0n) is 15.5. The van der Waals surface area contributed by atoms with Crippen LogP contribution in [0, 0.1) is 0 Å². The second-order valence-corrected chi connectivity index (χ2v) is 6.52. The van der Waals surface area contributed by atoms with E-state index in [1.54, 1.807) is 10.9 Å². The van der Waals surface area contributed by atoms with Crippen LogP contribution in [0.5, 0.6) is 5.75 Å². The summed E-state index contributed by atoms with van der Waals surface area (Å²) < 4.78 is 44.9. The molecule has 0 spiro atoms. The van der Waals surface area contributed by atoms with Crippen LogP contribution in [0.25, 0.3) is 0 Å². The average Bonchev–Trinajstić information content (AvgIpc) is 3.07. The summed E-state index contributed by atoms with van der Waals surface area (Å²) in [7, 11) is 3.06. The van der Waals surface area contributed by atoms with Gasteiger partial charge in [0.25, 0.3) is 0 Å². The van der Waals surface area contributed by atoms with E-state index >= 15 is 0 Å². The minimum absolute atomic E-state index is 0.0629. The van der Waals surface area contributed by atoms with Gasteiger partial charge in [0.05, 0.1) is 25.2 Å². The van der Waals surface area contributed by atoms with E-state index in [-0.39, 0.29) is 17.5 Å². The smallest absolute Gasteiger partial charge is 0.433 e. The molecular formula is C17H21F3N6O2. The summed E-state index contributed by atoms with van der Waals surface area (Å²) >= 11 is 0. The summed E-state index contributed by atoms with van der Waals surface area (Å²) in [5.74, 6) is -0.113. The summed E-state index contributed by atoms with van der Waals surface area (Å²) in [6.45, 7) is 1.48. The highest BCUT2D eigenvalue weighted by Gasteiger charge is 2.33. The third-order valence-electron chi connectivity index (χ3n) is 4.44. The fraction of sp³-hybridized carbons (Fsp3) is 0.471. The molecular weight excluding hydrogens is 377 g/mol. The molecule has 2 amide bonds. The second kappa shape index (κ2) is 7.95.